The van der Waals surface area contributed by atoms with E-state index in [0.717, 1.165) is 30.4 Å². The Morgan fingerprint density at radius 2 is 1.79 bits per heavy atom. The zero-order valence-electron chi connectivity index (χ0n) is 21.7. The van der Waals surface area contributed by atoms with Crippen LogP contribution in [-0.2, 0) is 21.0 Å². The van der Waals surface area contributed by atoms with E-state index in [4.69, 9.17) is 0 Å². The molecule has 11 heteroatoms. The van der Waals surface area contributed by atoms with Gasteiger partial charge in [0.15, 0.2) is 15.5 Å². The summed E-state index contributed by atoms with van der Waals surface area (Å²) >= 11 is 0. The predicted molar refractivity (Wildman–Crippen MR) is 137 cm³/mol. The minimum atomic E-state index is -3.27. The number of rotatable bonds is 7. The summed E-state index contributed by atoms with van der Waals surface area (Å²) in [5, 5.41) is 16.7. The van der Waals surface area contributed by atoms with Gasteiger partial charge in [-0.15, -0.1) is 5.10 Å². The van der Waals surface area contributed by atoms with Crippen molar-refractivity contribution in [2.75, 3.05) is 19.3 Å². The molecule has 2 heterocycles. The summed E-state index contributed by atoms with van der Waals surface area (Å²) in [5.74, 6) is -1.85. The molecule has 0 aliphatic heterocycles. The molecule has 2 atom stereocenters. The Labute approximate surface area is 220 Å². The van der Waals surface area contributed by atoms with Gasteiger partial charge in [-0.05, 0) is 67.0 Å². The Balaban J connectivity index is 1.48. The second-order valence-corrected chi connectivity index (χ2v) is 13.0. The van der Waals surface area contributed by atoms with Crippen LogP contribution in [0.15, 0.2) is 36.4 Å². The summed E-state index contributed by atoms with van der Waals surface area (Å²) in [4.78, 5) is 15.2. The molecular formula is C27H29F2N5O3S. The van der Waals surface area contributed by atoms with E-state index in [1.54, 1.807) is 11.0 Å². The van der Waals surface area contributed by atoms with Gasteiger partial charge in [0.25, 0.3) is 5.91 Å². The molecule has 1 fully saturated rings. The molecule has 1 unspecified atom stereocenters. The first-order valence-electron chi connectivity index (χ1n) is 12.5. The number of sulfone groups is 1. The number of halogens is 2. The van der Waals surface area contributed by atoms with Gasteiger partial charge in [-0.2, -0.15) is 15.3 Å². The zero-order valence-corrected chi connectivity index (χ0v) is 22.5. The van der Waals surface area contributed by atoms with Crippen LogP contribution in [0.1, 0.15) is 67.0 Å². The van der Waals surface area contributed by atoms with Gasteiger partial charge < -0.3 is 4.90 Å². The topological polar surface area (TPSA) is 106 Å². The third kappa shape index (κ3) is 4.16. The number of likely N-dealkylation sites (N-methyl/N-ethyl adjacent to an activating group) is 1. The van der Waals surface area contributed by atoms with Crippen LogP contribution in [0.2, 0.25) is 0 Å². The number of benzene rings is 1. The van der Waals surface area contributed by atoms with Crippen molar-refractivity contribution in [3.05, 3.63) is 70.7 Å². The first kappa shape index (κ1) is 26.3. The van der Waals surface area contributed by atoms with E-state index in [1.165, 1.54) is 30.3 Å². The van der Waals surface area contributed by atoms with E-state index in [9.17, 15) is 22.0 Å². The molecule has 1 amide bonds. The molecule has 0 spiro atoms. The van der Waals surface area contributed by atoms with Crippen LogP contribution in [0.4, 0.5) is 8.78 Å². The van der Waals surface area contributed by atoms with Crippen LogP contribution in [0.25, 0.3) is 11.3 Å². The highest BCUT2D eigenvalue weighted by Crippen LogP contribution is 2.67. The average Bonchev–Trinajstić information content (AvgIpc) is 3.21. The standard InChI is InChI=1S/C27H29F2N5O3S/c1-5-34(25(35)21-10-9-16(30-31-21)14-38(4,36)37)15-27-12-11-18(26(27,2)3)17-13-22(32-33-24(17)27)23-19(28)7-6-8-20(23)29/h6-10,13,18H,5,11-12,14-15H2,1-4H3/t18-,27?/m0/s1. The fourth-order valence-corrected chi connectivity index (χ4v) is 6.97. The van der Waals surface area contributed by atoms with E-state index in [-0.39, 0.29) is 45.6 Å². The second-order valence-electron chi connectivity index (χ2n) is 10.8. The van der Waals surface area contributed by atoms with Crippen molar-refractivity contribution in [3.63, 3.8) is 0 Å². The Morgan fingerprint density at radius 3 is 2.39 bits per heavy atom. The van der Waals surface area contributed by atoms with Crippen LogP contribution in [0.3, 0.4) is 0 Å². The van der Waals surface area contributed by atoms with E-state index in [1.807, 2.05) is 6.92 Å². The highest BCUT2D eigenvalue weighted by molar-refractivity contribution is 7.89. The number of hydrogen-bond acceptors (Lipinski definition) is 7. The molecule has 1 saturated carbocycles. The fraction of sp³-hybridized carbons (Fsp3) is 0.444. The predicted octanol–water partition coefficient (Wildman–Crippen LogP) is 4.07. The Kier molecular flexibility index (Phi) is 6.32. The first-order chi connectivity index (χ1) is 17.9. The van der Waals surface area contributed by atoms with Crippen molar-refractivity contribution < 1.29 is 22.0 Å². The molecule has 0 N–H and O–H groups in total. The van der Waals surface area contributed by atoms with Gasteiger partial charge >= 0.3 is 0 Å². The summed E-state index contributed by atoms with van der Waals surface area (Å²) in [7, 11) is -3.27. The number of fused-ring (bicyclic) bond motifs is 5. The zero-order chi connectivity index (χ0) is 27.5. The number of carbonyl (C=O) groups excluding carboxylic acids is 1. The lowest BCUT2D eigenvalue weighted by Gasteiger charge is -2.41. The maximum atomic E-state index is 14.5. The van der Waals surface area contributed by atoms with Crippen molar-refractivity contribution in [1.82, 2.24) is 25.3 Å². The summed E-state index contributed by atoms with van der Waals surface area (Å²) in [6.07, 6.45) is 2.76. The number of hydrogen-bond donors (Lipinski definition) is 0. The quantitative estimate of drug-likeness (QED) is 0.444. The monoisotopic (exact) mass is 541 g/mol. The van der Waals surface area contributed by atoms with Crippen LogP contribution < -0.4 is 0 Å². The number of carbonyl (C=O) groups is 1. The molecule has 2 aromatic heterocycles. The van der Waals surface area contributed by atoms with Gasteiger partial charge in [0.1, 0.15) is 11.6 Å². The smallest absolute Gasteiger partial charge is 0.274 e. The minimum Gasteiger partial charge on any atom is -0.337 e. The molecule has 5 rings (SSSR count). The molecule has 0 radical (unpaired) electrons. The Morgan fingerprint density at radius 1 is 1.08 bits per heavy atom. The van der Waals surface area contributed by atoms with E-state index in [0.29, 0.717) is 13.1 Å². The molecule has 3 aromatic rings. The number of amides is 1. The van der Waals surface area contributed by atoms with Gasteiger partial charge in [0, 0.05) is 24.8 Å². The highest BCUT2D eigenvalue weighted by atomic mass is 32.2. The van der Waals surface area contributed by atoms with Crippen molar-refractivity contribution in [3.8, 4) is 11.3 Å². The Bertz CT molecular complexity index is 1510. The first-order valence-corrected chi connectivity index (χ1v) is 14.6. The molecule has 38 heavy (non-hydrogen) atoms. The lowest BCUT2D eigenvalue weighted by Crippen LogP contribution is -2.48. The van der Waals surface area contributed by atoms with Crippen molar-refractivity contribution in [1.29, 1.82) is 0 Å². The average molecular weight is 542 g/mol. The SMILES string of the molecule is CCN(CC12CC[C@@H](c3cc(-c4c(F)cccc4F)nnc31)C2(C)C)C(=O)c1ccc(CS(C)(=O)=O)nn1. The van der Waals surface area contributed by atoms with Crippen molar-refractivity contribution >= 4 is 15.7 Å². The van der Waals surface area contributed by atoms with E-state index in [2.05, 4.69) is 34.2 Å². The van der Waals surface area contributed by atoms with Crippen molar-refractivity contribution in [2.24, 2.45) is 5.41 Å². The van der Waals surface area contributed by atoms with E-state index < -0.39 is 26.9 Å². The molecule has 200 valence electrons. The van der Waals surface area contributed by atoms with Crippen LogP contribution in [-0.4, -0.2) is 59.0 Å². The lowest BCUT2D eigenvalue weighted by atomic mass is 9.68. The third-order valence-corrected chi connectivity index (χ3v) is 9.13. The van der Waals surface area contributed by atoms with Gasteiger partial charge in [-0.3, -0.25) is 4.79 Å². The molecule has 2 aliphatic carbocycles. The van der Waals surface area contributed by atoms with Gasteiger partial charge in [0.05, 0.1) is 28.4 Å². The molecule has 2 bridgehead atoms. The molecular weight excluding hydrogens is 512 g/mol. The summed E-state index contributed by atoms with van der Waals surface area (Å²) in [6.45, 7) is 6.95. The van der Waals surface area contributed by atoms with Crippen molar-refractivity contribution in [2.45, 2.75) is 50.7 Å². The summed E-state index contributed by atoms with van der Waals surface area (Å²) < 4.78 is 52.1. The summed E-state index contributed by atoms with van der Waals surface area (Å²) in [6, 6.07) is 8.47. The molecule has 8 nitrogen and oxygen atoms in total. The summed E-state index contributed by atoms with van der Waals surface area (Å²) in [5.41, 5.74) is 1.26. The highest BCUT2D eigenvalue weighted by Gasteiger charge is 2.64. The fourth-order valence-electron chi connectivity index (χ4n) is 6.28. The Hall–Kier alpha value is -3.34. The van der Waals surface area contributed by atoms with E-state index >= 15 is 0 Å². The minimum absolute atomic E-state index is 0.102. The number of nitrogens with zero attached hydrogens (tertiary/aromatic N) is 5. The van der Waals surface area contributed by atoms with Gasteiger partial charge in [0.2, 0.25) is 0 Å². The van der Waals surface area contributed by atoms with Crippen LogP contribution in [0, 0.1) is 17.0 Å². The molecule has 1 aromatic carbocycles. The van der Waals surface area contributed by atoms with Crippen LogP contribution in [0.5, 0.6) is 0 Å². The second kappa shape index (κ2) is 9.14. The number of aromatic nitrogens is 4. The van der Waals surface area contributed by atoms with Gasteiger partial charge in [-0.25, -0.2) is 17.2 Å². The normalized spacial score (nSPS) is 21.4. The lowest BCUT2D eigenvalue weighted by molar-refractivity contribution is 0.0645. The molecule has 2 aliphatic rings. The molecule has 0 saturated heterocycles. The van der Waals surface area contributed by atoms with Crippen LogP contribution >= 0.6 is 0 Å². The maximum Gasteiger partial charge on any atom is 0.274 e. The third-order valence-electron chi connectivity index (χ3n) is 8.31. The largest absolute Gasteiger partial charge is 0.337 e. The maximum absolute atomic E-state index is 14.5. The van der Waals surface area contributed by atoms with Gasteiger partial charge in [-0.1, -0.05) is 19.9 Å².